The third kappa shape index (κ3) is 5.35. The van der Waals surface area contributed by atoms with E-state index in [0.29, 0.717) is 40.0 Å². The van der Waals surface area contributed by atoms with E-state index in [1.54, 1.807) is 43.5 Å². The molecule has 0 aliphatic heterocycles. The molecule has 0 spiro atoms. The van der Waals surface area contributed by atoms with Crippen molar-refractivity contribution in [2.75, 3.05) is 38.0 Å². The molecule has 0 atom stereocenters. The summed E-state index contributed by atoms with van der Waals surface area (Å²) >= 11 is 5.90. The lowest BCUT2D eigenvalue weighted by Gasteiger charge is -2.22. The molecule has 0 fully saturated rings. The highest BCUT2D eigenvalue weighted by atomic mass is 35.5. The lowest BCUT2D eigenvalue weighted by Crippen LogP contribution is -2.26. The number of hydrogen-bond acceptors (Lipinski definition) is 5. The van der Waals surface area contributed by atoms with Gasteiger partial charge in [0.25, 0.3) is 5.91 Å². The van der Waals surface area contributed by atoms with Gasteiger partial charge in [-0.1, -0.05) is 25.4 Å². The van der Waals surface area contributed by atoms with Crippen molar-refractivity contribution in [3.8, 4) is 11.4 Å². The van der Waals surface area contributed by atoms with Crippen LogP contribution < -0.4 is 10.2 Å². The average molecular weight is 471 g/mol. The van der Waals surface area contributed by atoms with Gasteiger partial charge < -0.3 is 25.0 Å². The van der Waals surface area contributed by atoms with Crippen LogP contribution >= 0.6 is 11.6 Å². The molecule has 0 bridgehead atoms. The predicted octanol–water partition coefficient (Wildman–Crippen LogP) is 4.67. The Morgan fingerprint density at radius 1 is 1.18 bits per heavy atom. The number of anilines is 2. The van der Waals surface area contributed by atoms with E-state index in [-0.39, 0.29) is 11.6 Å². The molecule has 1 amide bonds. The monoisotopic (exact) mass is 470 g/mol. The second-order valence-corrected chi connectivity index (χ2v) is 8.95. The quantitative estimate of drug-likeness (QED) is 0.441. The largest absolute Gasteiger partial charge is 0.477 e. The first-order valence-electron chi connectivity index (χ1n) is 10.2. The number of aromatic carboxylic acids is 1. The van der Waals surface area contributed by atoms with Crippen LogP contribution in [-0.4, -0.2) is 54.8 Å². The van der Waals surface area contributed by atoms with Crippen molar-refractivity contribution in [2.45, 2.75) is 19.3 Å². The molecule has 3 rings (SSSR count). The number of ether oxygens (including phenoxy) is 1. The van der Waals surface area contributed by atoms with Crippen LogP contribution in [0.15, 0.2) is 42.5 Å². The van der Waals surface area contributed by atoms with E-state index in [2.05, 4.69) is 15.3 Å². The number of aromatic amines is 1. The van der Waals surface area contributed by atoms with Crippen LogP contribution in [0.2, 0.25) is 5.02 Å². The first kappa shape index (κ1) is 24.3. The number of nitrogens with zero attached hydrogens (tertiary/aromatic N) is 2. The molecular weight excluding hydrogens is 444 g/mol. The van der Waals surface area contributed by atoms with Crippen molar-refractivity contribution in [3.63, 3.8) is 0 Å². The van der Waals surface area contributed by atoms with Gasteiger partial charge in [0.2, 0.25) is 0 Å². The Balaban J connectivity index is 2.00. The van der Waals surface area contributed by atoms with Crippen LogP contribution in [-0.2, 0) is 10.2 Å². The molecule has 0 radical (unpaired) electrons. The van der Waals surface area contributed by atoms with E-state index in [1.807, 2.05) is 38.9 Å². The van der Waals surface area contributed by atoms with Crippen molar-refractivity contribution in [3.05, 3.63) is 64.4 Å². The third-order valence-corrected chi connectivity index (χ3v) is 5.41. The number of aromatic nitrogens is 2. The predicted molar refractivity (Wildman–Crippen MR) is 130 cm³/mol. The number of methoxy groups -OCH3 is 1. The summed E-state index contributed by atoms with van der Waals surface area (Å²) in [5.74, 6) is -0.934. The van der Waals surface area contributed by atoms with Crippen LogP contribution in [0.1, 0.15) is 40.4 Å². The molecule has 174 valence electrons. The molecule has 0 aliphatic rings. The van der Waals surface area contributed by atoms with Crippen LogP contribution in [0.5, 0.6) is 0 Å². The minimum atomic E-state index is -1.09. The zero-order chi connectivity index (χ0) is 24.3. The number of rotatable bonds is 8. The molecule has 0 saturated heterocycles. The van der Waals surface area contributed by atoms with Gasteiger partial charge in [-0.05, 0) is 42.5 Å². The highest BCUT2D eigenvalue weighted by molar-refractivity contribution is 6.30. The Kier molecular flexibility index (Phi) is 7.09. The van der Waals surface area contributed by atoms with E-state index in [0.717, 1.165) is 5.69 Å². The molecule has 33 heavy (non-hydrogen) atoms. The Hall–Kier alpha value is -3.36. The van der Waals surface area contributed by atoms with Crippen molar-refractivity contribution in [1.82, 2.24) is 9.97 Å². The maximum atomic E-state index is 12.6. The summed E-state index contributed by atoms with van der Waals surface area (Å²) in [7, 11) is 5.29. The summed E-state index contributed by atoms with van der Waals surface area (Å²) in [5, 5.41) is 13.2. The lowest BCUT2D eigenvalue weighted by molar-refractivity contribution is 0.0684. The number of nitrogens with one attached hydrogen (secondary N) is 2. The number of carbonyl (C=O) groups is 2. The Morgan fingerprint density at radius 3 is 2.42 bits per heavy atom. The van der Waals surface area contributed by atoms with Gasteiger partial charge in [0.05, 0.1) is 12.3 Å². The van der Waals surface area contributed by atoms with Gasteiger partial charge in [-0.25, -0.2) is 9.78 Å². The molecule has 1 aromatic heterocycles. The standard InChI is InChI=1S/C24H27ClN4O4/c1-24(2,13-33-5)20-19(23(31)32)27-21(28-20)17-11-10-16(12-18(17)29(3)4)26-22(30)14-6-8-15(25)9-7-14/h6-12H,13H2,1-5H3,(H,26,30)(H,27,28)(H,31,32). The molecule has 3 N–H and O–H groups in total. The van der Waals surface area contributed by atoms with E-state index in [9.17, 15) is 14.7 Å². The van der Waals surface area contributed by atoms with E-state index >= 15 is 0 Å². The van der Waals surface area contributed by atoms with Crippen molar-refractivity contribution < 1.29 is 19.4 Å². The summed E-state index contributed by atoms with van der Waals surface area (Å²) < 4.78 is 5.27. The molecule has 0 aliphatic carbocycles. The van der Waals surface area contributed by atoms with Crippen LogP contribution in [0.3, 0.4) is 0 Å². The number of carboxylic acids is 1. The van der Waals surface area contributed by atoms with Gasteiger partial charge in [0.15, 0.2) is 0 Å². The van der Waals surface area contributed by atoms with E-state index < -0.39 is 11.4 Å². The minimum Gasteiger partial charge on any atom is -0.477 e. The Bertz CT molecular complexity index is 1170. The summed E-state index contributed by atoms with van der Waals surface area (Å²) in [4.78, 5) is 33.9. The van der Waals surface area contributed by atoms with Crippen LogP contribution in [0.25, 0.3) is 11.4 Å². The number of halogens is 1. The van der Waals surface area contributed by atoms with Crippen LogP contribution in [0.4, 0.5) is 11.4 Å². The fourth-order valence-corrected chi connectivity index (χ4v) is 3.68. The van der Waals surface area contributed by atoms with Crippen LogP contribution in [0, 0.1) is 0 Å². The number of H-pyrrole nitrogens is 1. The molecule has 0 unspecified atom stereocenters. The fourth-order valence-electron chi connectivity index (χ4n) is 3.56. The highest BCUT2D eigenvalue weighted by Gasteiger charge is 2.31. The number of imidazole rings is 1. The average Bonchev–Trinajstić information content (AvgIpc) is 3.21. The number of amides is 1. The first-order chi connectivity index (χ1) is 15.5. The summed E-state index contributed by atoms with van der Waals surface area (Å²) in [5.41, 5.74) is 2.36. The highest BCUT2D eigenvalue weighted by Crippen LogP contribution is 2.34. The number of benzene rings is 2. The summed E-state index contributed by atoms with van der Waals surface area (Å²) in [6, 6.07) is 12.0. The number of carbonyl (C=O) groups excluding carboxylic acids is 1. The molecule has 2 aromatic carbocycles. The topological polar surface area (TPSA) is 108 Å². The van der Waals surface area contributed by atoms with Gasteiger partial charge in [0, 0.05) is 54.1 Å². The number of carboxylic acid groups (broad SMARTS) is 1. The van der Waals surface area contributed by atoms with Gasteiger partial charge >= 0.3 is 5.97 Å². The normalized spacial score (nSPS) is 11.3. The SMILES string of the molecule is COCC(C)(C)c1nc(-c2ccc(NC(=O)c3ccc(Cl)cc3)cc2N(C)C)[nH]c1C(=O)O. The second-order valence-electron chi connectivity index (χ2n) is 8.52. The number of hydrogen-bond donors (Lipinski definition) is 3. The van der Waals surface area contributed by atoms with Gasteiger partial charge in [-0.15, -0.1) is 0 Å². The fraction of sp³-hybridized carbons (Fsp3) is 0.292. The maximum Gasteiger partial charge on any atom is 0.354 e. The van der Waals surface area contributed by atoms with Crippen molar-refractivity contribution in [1.29, 1.82) is 0 Å². The Labute approximate surface area is 197 Å². The molecular formula is C24H27ClN4O4. The van der Waals surface area contributed by atoms with E-state index in [1.165, 1.54) is 0 Å². The molecule has 0 saturated carbocycles. The van der Waals surface area contributed by atoms with Crippen molar-refractivity contribution >= 4 is 34.9 Å². The van der Waals surface area contributed by atoms with Gasteiger partial charge in [-0.3, -0.25) is 4.79 Å². The first-order valence-corrected chi connectivity index (χ1v) is 10.6. The zero-order valence-corrected chi connectivity index (χ0v) is 19.9. The smallest absolute Gasteiger partial charge is 0.354 e. The molecule has 1 heterocycles. The van der Waals surface area contributed by atoms with Gasteiger partial charge in [0.1, 0.15) is 11.5 Å². The summed E-state index contributed by atoms with van der Waals surface area (Å²) in [6.07, 6.45) is 0. The second kappa shape index (κ2) is 9.64. The van der Waals surface area contributed by atoms with Gasteiger partial charge in [-0.2, -0.15) is 0 Å². The van der Waals surface area contributed by atoms with Crippen molar-refractivity contribution in [2.24, 2.45) is 0 Å². The van der Waals surface area contributed by atoms with E-state index in [4.69, 9.17) is 16.3 Å². The zero-order valence-electron chi connectivity index (χ0n) is 19.2. The maximum absolute atomic E-state index is 12.6. The Morgan fingerprint density at radius 2 is 1.85 bits per heavy atom. The molecule has 9 heteroatoms. The summed E-state index contributed by atoms with van der Waals surface area (Å²) in [6.45, 7) is 4.07. The third-order valence-electron chi connectivity index (χ3n) is 5.16. The molecule has 3 aromatic rings. The molecule has 8 nitrogen and oxygen atoms in total. The lowest BCUT2D eigenvalue weighted by atomic mass is 9.89. The minimum absolute atomic E-state index is 0.0249.